The quantitative estimate of drug-likeness (QED) is 0.740. The van der Waals surface area contributed by atoms with Gasteiger partial charge in [0.15, 0.2) is 12.4 Å². The van der Waals surface area contributed by atoms with Crippen molar-refractivity contribution in [2.45, 2.75) is 13.8 Å². The molecule has 0 saturated heterocycles. The minimum Gasteiger partial charge on any atom is -0.480 e. The number of benzene rings is 1. The van der Waals surface area contributed by atoms with Gasteiger partial charge in [0.25, 0.3) is 5.91 Å². The van der Waals surface area contributed by atoms with Crippen LogP contribution in [-0.2, 0) is 4.79 Å². The molecule has 0 fully saturated rings. The highest BCUT2D eigenvalue weighted by Crippen LogP contribution is 2.37. The molecule has 21 heavy (non-hydrogen) atoms. The Hall–Kier alpha value is -1.14. The molecule has 0 atom stereocenters. The molecule has 6 heteroatoms. The Balaban J connectivity index is 2.29. The molecule has 0 saturated carbocycles. The molecular formula is C15H16Br2N2O2. The van der Waals surface area contributed by atoms with Gasteiger partial charge in [-0.1, -0.05) is 22.0 Å². The number of ether oxygens (including phenoxy) is 1. The second-order valence-electron chi connectivity index (χ2n) is 4.42. The molecule has 112 valence electrons. The lowest BCUT2D eigenvalue weighted by atomic mass is 10.2. The van der Waals surface area contributed by atoms with Crippen LogP contribution in [0.1, 0.15) is 13.8 Å². The molecule has 1 heterocycles. The normalized spacial score (nSPS) is 10.7. The minimum absolute atomic E-state index is 0.00753. The Morgan fingerprint density at radius 2 is 2.00 bits per heavy atom. The Kier molecular flexibility index (Phi) is 5.58. The van der Waals surface area contributed by atoms with Crippen LogP contribution in [0.25, 0.3) is 10.9 Å². The number of likely N-dealkylation sites (N-methyl/N-ethyl adjacent to an activating group) is 1. The van der Waals surface area contributed by atoms with Crippen LogP contribution in [0.2, 0.25) is 0 Å². The van der Waals surface area contributed by atoms with E-state index in [9.17, 15) is 4.79 Å². The van der Waals surface area contributed by atoms with E-state index >= 15 is 0 Å². The maximum atomic E-state index is 12.0. The Morgan fingerprint density at radius 1 is 1.29 bits per heavy atom. The second kappa shape index (κ2) is 7.22. The lowest BCUT2D eigenvalue weighted by Gasteiger charge is -2.19. The molecule has 0 unspecified atom stereocenters. The maximum absolute atomic E-state index is 12.0. The van der Waals surface area contributed by atoms with Crippen molar-refractivity contribution in [3.05, 3.63) is 33.3 Å². The van der Waals surface area contributed by atoms with Crippen LogP contribution in [0, 0.1) is 0 Å². The lowest BCUT2D eigenvalue weighted by molar-refractivity contribution is -0.132. The summed E-state index contributed by atoms with van der Waals surface area (Å²) in [6.45, 7) is 5.27. The van der Waals surface area contributed by atoms with Gasteiger partial charge in [0.05, 0.1) is 4.47 Å². The molecule has 0 spiro atoms. The van der Waals surface area contributed by atoms with E-state index in [4.69, 9.17) is 4.74 Å². The SMILES string of the molecule is CCN(CC)C(=O)COc1c(Br)cc(Br)c2cccnc12. The number of rotatable bonds is 5. The molecule has 2 aromatic rings. The van der Waals surface area contributed by atoms with Crippen LogP contribution in [0.4, 0.5) is 0 Å². The number of pyridine rings is 1. The van der Waals surface area contributed by atoms with Gasteiger partial charge in [0.2, 0.25) is 0 Å². The molecule has 1 aromatic carbocycles. The van der Waals surface area contributed by atoms with Crippen LogP contribution in [-0.4, -0.2) is 35.5 Å². The van der Waals surface area contributed by atoms with Crippen molar-refractivity contribution in [2.75, 3.05) is 19.7 Å². The van der Waals surface area contributed by atoms with Gasteiger partial charge in [-0.25, -0.2) is 0 Å². The standard InChI is InChI=1S/C15H16Br2N2O2/c1-3-19(4-2)13(20)9-21-15-12(17)8-11(16)10-6-5-7-18-14(10)15/h5-8H,3-4,9H2,1-2H3. The second-order valence-corrected chi connectivity index (χ2v) is 6.13. The number of hydrogen-bond donors (Lipinski definition) is 0. The highest BCUT2D eigenvalue weighted by Gasteiger charge is 2.15. The zero-order valence-corrected chi connectivity index (χ0v) is 15.1. The predicted octanol–water partition coefficient (Wildman–Crippen LogP) is 4.01. The molecule has 0 radical (unpaired) electrons. The Morgan fingerprint density at radius 3 is 2.67 bits per heavy atom. The lowest BCUT2D eigenvalue weighted by Crippen LogP contribution is -2.34. The highest BCUT2D eigenvalue weighted by atomic mass is 79.9. The first-order valence-corrected chi connectivity index (χ1v) is 8.30. The molecule has 1 aromatic heterocycles. The number of carbonyl (C=O) groups is 1. The van der Waals surface area contributed by atoms with Crippen LogP contribution >= 0.6 is 31.9 Å². The third kappa shape index (κ3) is 3.55. The summed E-state index contributed by atoms with van der Waals surface area (Å²) in [4.78, 5) is 18.1. The molecular weight excluding hydrogens is 400 g/mol. The summed E-state index contributed by atoms with van der Waals surface area (Å²) in [5, 5.41) is 0.950. The fourth-order valence-corrected chi connectivity index (χ4v) is 3.47. The average Bonchev–Trinajstić information content (AvgIpc) is 2.48. The highest BCUT2D eigenvalue weighted by molar-refractivity contribution is 9.11. The van der Waals surface area contributed by atoms with Crippen molar-refractivity contribution in [3.63, 3.8) is 0 Å². The first-order valence-electron chi connectivity index (χ1n) is 6.71. The molecule has 2 rings (SSSR count). The molecule has 0 N–H and O–H groups in total. The fraction of sp³-hybridized carbons (Fsp3) is 0.333. The summed E-state index contributed by atoms with van der Waals surface area (Å²) in [6.07, 6.45) is 1.71. The van der Waals surface area contributed by atoms with Crippen molar-refractivity contribution in [1.82, 2.24) is 9.88 Å². The predicted molar refractivity (Wildman–Crippen MR) is 90.6 cm³/mol. The van der Waals surface area contributed by atoms with Gasteiger partial charge in [0, 0.05) is 29.1 Å². The van der Waals surface area contributed by atoms with E-state index in [2.05, 4.69) is 36.8 Å². The molecule has 0 bridgehead atoms. The topological polar surface area (TPSA) is 42.4 Å². The smallest absolute Gasteiger partial charge is 0.260 e. The zero-order valence-electron chi connectivity index (χ0n) is 11.9. The van der Waals surface area contributed by atoms with Gasteiger partial charge in [-0.15, -0.1) is 0 Å². The summed E-state index contributed by atoms with van der Waals surface area (Å²) in [6, 6.07) is 5.73. The van der Waals surface area contributed by atoms with E-state index in [1.165, 1.54) is 0 Å². The molecule has 4 nitrogen and oxygen atoms in total. The van der Waals surface area contributed by atoms with Crippen molar-refractivity contribution < 1.29 is 9.53 Å². The maximum Gasteiger partial charge on any atom is 0.260 e. The monoisotopic (exact) mass is 414 g/mol. The van der Waals surface area contributed by atoms with Gasteiger partial charge in [-0.3, -0.25) is 9.78 Å². The summed E-state index contributed by atoms with van der Waals surface area (Å²) in [5.41, 5.74) is 0.728. The van der Waals surface area contributed by atoms with E-state index in [1.807, 2.05) is 32.0 Å². The molecule has 0 aliphatic carbocycles. The van der Waals surface area contributed by atoms with Gasteiger partial charge in [-0.05, 0) is 41.9 Å². The average molecular weight is 416 g/mol. The zero-order chi connectivity index (χ0) is 15.4. The number of hydrogen-bond acceptors (Lipinski definition) is 3. The first kappa shape index (κ1) is 16.2. The van der Waals surface area contributed by atoms with E-state index in [1.54, 1.807) is 11.1 Å². The van der Waals surface area contributed by atoms with E-state index < -0.39 is 0 Å². The van der Waals surface area contributed by atoms with E-state index in [0.717, 1.165) is 19.8 Å². The summed E-state index contributed by atoms with van der Waals surface area (Å²) in [7, 11) is 0. The third-order valence-corrected chi connectivity index (χ3v) is 4.45. The summed E-state index contributed by atoms with van der Waals surface area (Å²) >= 11 is 6.98. The Bertz CT molecular complexity index is 657. The van der Waals surface area contributed by atoms with Gasteiger partial charge in [0.1, 0.15) is 5.52 Å². The number of amides is 1. The van der Waals surface area contributed by atoms with Crippen molar-refractivity contribution in [3.8, 4) is 5.75 Å². The van der Waals surface area contributed by atoms with Crippen molar-refractivity contribution >= 4 is 48.7 Å². The largest absolute Gasteiger partial charge is 0.480 e. The fourth-order valence-electron chi connectivity index (χ4n) is 2.09. The number of carbonyl (C=O) groups excluding carboxylic acids is 1. The minimum atomic E-state index is -0.0288. The van der Waals surface area contributed by atoms with Crippen LogP contribution in [0.3, 0.4) is 0 Å². The molecule has 0 aliphatic heterocycles. The van der Waals surface area contributed by atoms with Crippen LogP contribution in [0.15, 0.2) is 33.3 Å². The molecule has 1 amide bonds. The van der Waals surface area contributed by atoms with Gasteiger partial charge < -0.3 is 9.64 Å². The number of halogens is 2. The van der Waals surface area contributed by atoms with Crippen molar-refractivity contribution in [2.24, 2.45) is 0 Å². The molecule has 0 aliphatic rings. The first-order chi connectivity index (χ1) is 10.1. The summed E-state index contributed by atoms with van der Waals surface area (Å²) in [5.74, 6) is 0.563. The van der Waals surface area contributed by atoms with Gasteiger partial charge >= 0.3 is 0 Å². The van der Waals surface area contributed by atoms with Crippen LogP contribution in [0.5, 0.6) is 5.75 Å². The van der Waals surface area contributed by atoms with E-state index in [-0.39, 0.29) is 12.5 Å². The van der Waals surface area contributed by atoms with Crippen molar-refractivity contribution in [1.29, 1.82) is 0 Å². The number of nitrogens with zero attached hydrogens (tertiary/aromatic N) is 2. The number of fused-ring (bicyclic) bond motifs is 1. The summed E-state index contributed by atoms with van der Waals surface area (Å²) < 4.78 is 7.43. The number of aromatic nitrogens is 1. The van der Waals surface area contributed by atoms with E-state index in [0.29, 0.717) is 18.8 Å². The Labute approximate surface area is 140 Å². The van der Waals surface area contributed by atoms with Gasteiger partial charge in [-0.2, -0.15) is 0 Å². The van der Waals surface area contributed by atoms with Crippen LogP contribution < -0.4 is 4.74 Å². The third-order valence-electron chi connectivity index (χ3n) is 3.21.